The summed E-state index contributed by atoms with van der Waals surface area (Å²) in [5, 5.41) is 12.3. The summed E-state index contributed by atoms with van der Waals surface area (Å²) in [6, 6.07) is 11.6. The molecule has 3 aromatic rings. The van der Waals surface area contributed by atoms with Gasteiger partial charge in [0.1, 0.15) is 11.9 Å². The molecule has 1 N–H and O–H groups in total. The highest BCUT2D eigenvalue weighted by Crippen LogP contribution is 2.38. The first-order valence-corrected chi connectivity index (χ1v) is 8.95. The van der Waals surface area contributed by atoms with Crippen LogP contribution in [0.15, 0.2) is 40.8 Å². The maximum absolute atomic E-state index is 13.0. The van der Waals surface area contributed by atoms with Gasteiger partial charge in [0.05, 0.1) is 21.3 Å². The molecule has 0 fully saturated rings. The molecule has 0 aliphatic heterocycles. The summed E-state index contributed by atoms with van der Waals surface area (Å²) >= 11 is 0. The monoisotopic (exact) mass is 409 g/mol. The fourth-order valence-electron chi connectivity index (χ4n) is 2.75. The third kappa shape index (κ3) is 4.70. The highest BCUT2D eigenvalue weighted by Gasteiger charge is 2.13. The number of benzene rings is 2. The molecule has 3 rings (SSSR count). The van der Waals surface area contributed by atoms with Crippen molar-refractivity contribution in [1.29, 1.82) is 5.26 Å². The fourth-order valence-corrected chi connectivity index (χ4v) is 2.75. The maximum Gasteiger partial charge on any atom is 0.232 e. The van der Waals surface area contributed by atoms with Gasteiger partial charge in [0.25, 0.3) is 0 Å². The topological polar surface area (TPSA) is 89.5 Å². The van der Waals surface area contributed by atoms with Gasteiger partial charge in [-0.3, -0.25) is 0 Å². The van der Waals surface area contributed by atoms with Gasteiger partial charge in [0.2, 0.25) is 23.2 Å². The molecule has 0 bridgehead atoms. The van der Waals surface area contributed by atoms with Gasteiger partial charge >= 0.3 is 0 Å². The SMILES string of the molecule is COc1cc(/C=C/c2nc(C#N)c(NCc3ccc(F)cc3)o2)cc(OC)c1OC. The van der Waals surface area contributed by atoms with Gasteiger partial charge in [0.15, 0.2) is 11.5 Å². The summed E-state index contributed by atoms with van der Waals surface area (Å²) in [5.74, 6) is 1.71. The number of anilines is 1. The number of oxazole rings is 1. The van der Waals surface area contributed by atoms with E-state index < -0.39 is 0 Å². The molecule has 1 heterocycles. The molecule has 0 unspecified atom stereocenters. The first-order chi connectivity index (χ1) is 14.6. The molecule has 0 aliphatic rings. The van der Waals surface area contributed by atoms with Crippen LogP contribution >= 0.6 is 0 Å². The van der Waals surface area contributed by atoms with E-state index in [1.54, 1.807) is 36.4 Å². The number of ether oxygens (including phenoxy) is 3. The average Bonchev–Trinajstić information content (AvgIpc) is 3.18. The molecule has 154 valence electrons. The third-order valence-electron chi connectivity index (χ3n) is 4.22. The van der Waals surface area contributed by atoms with Crippen molar-refractivity contribution in [3.05, 3.63) is 64.9 Å². The minimum absolute atomic E-state index is 0.127. The summed E-state index contributed by atoms with van der Waals surface area (Å²) < 4.78 is 34.6. The molecule has 0 saturated heterocycles. The zero-order chi connectivity index (χ0) is 21.5. The standard InChI is InChI=1S/C22H20FN3O4/c1-27-18-10-15(11-19(28-2)21(18)29-3)6-9-20-26-17(12-24)22(30-20)25-13-14-4-7-16(23)8-5-14/h4-11,25H,13H2,1-3H3/b9-6+. The summed E-state index contributed by atoms with van der Waals surface area (Å²) in [4.78, 5) is 4.16. The summed E-state index contributed by atoms with van der Waals surface area (Å²) in [7, 11) is 4.61. The number of aromatic nitrogens is 1. The van der Waals surface area contributed by atoms with Gasteiger partial charge < -0.3 is 23.9 Å². The minimum atomic E-state index is -0.310. The lowest BCUT2D eigenvalue weighted by Gasteiger charge is -2.12. The number of nitriles is 1. The van der Waals surface area contributed by atoms with Crippen molar-refractivity contribution in [2.75, 3.05) is 26.6 Å². The Labute approximate surface area is 173 Å². The lowest BCUT2D eigenvalue weighted by atomic mass is 10.1. The number of hydrogen-bond acceptors (Lipinski definition) is 7. The van der Waals surface area contributed by atoms with Gasteiger partial charge in [-0.05, 0) is 41.5 Å². The van der Waals surface area contributed by atoms with Crippen molar-refractivity contribution in [3.63, 3.8) is 0 Å². The second kappa shape index (κ2) is 9.47. The van der Waals surface area contributed by atoms with E-state index in [9.17, 15) is 9.65 Å². The summed E-state index contributed by atoms with van der Waals surface area (Å²) in [6.45, 7) is 0.361. The van der Waals surface area contributed by atoms with Crippen LogP contribution < -0.4 is 19.5 Å². The molecule has 0 saturated carbocycles. The van der Waals surface area contributed by atoms with Crippen molar-refractivity contribution in [2.24, 2.45) is 0 Å². The second-order valence-corrected chi connectivity index (χ2v) is 6.11. The van der Waals surface area contributed by atoms with Crippen LogP contribution in [0.5, 0.6) is 17.2 Å². The highest BCUT2D eigenvalue weighted by atomic mass is 19.1. The Morgan fingerprint density at radius 2 is 1.73 bits per heavy atom. The smallest absolute Gasteiger partial charge is 0.232 e. The van der Waals surface area contributed by atoms with E-state index in [1.165, 1.54) is 33.5 Å². The Morgan fingerprint density at radius 3 is 2.30 bits per heavy atom. The number of hydrogen-bond donors (Lipinski definition) is 1. The predicted octanol–water partition coefficient (Wildman–Crippen LogP) is 4.49. The lowest BCUT2D eigenvalue weighted by molar-refractivity contribution is 0.324. The van der Waals surface area contributed by atoms with Crippen LogP contribution in [0, 0.1) is 17.1 Å². The summed E-state index contributed by atoms with van der Waals surface area (Å²) in [6.07, 6.45) is 3.38. The van der Waals surface area contributed by atoms with E-state index in [0.717, 1.165) is 11.1 Å². The lowest BCUT2D eigenvalue weighted by Crippen LogP contribution is -1.99. The Balaban J connectivity index is 1.79. The minimum Gasteiger partial charge on any atom is -0.493 e. The molecule has 8 heteroatoms. The van der Waals surface area contributed by atoms with Crippen molar-refractivity contribution in [3.8, 4) is 23.3 Å². The van der Waals surface area contributed by atoms with Gasteiger partial charge in [-0.2, -0.15) is 10.2 Å². The zero-order valence-corrected chi connectivity index (χ0v) is 16.7. The predicted molar refractivity (Wildman–Crippen MR) is 110 cm³/mol. The van der Waals surface area contributed by atoms with E-state index in [-0.39, 0.29) is 23.3 Å². The number of nitrogens with zero attached hydrogens (tertiary/aromatic N) is 2. The number of methoxy groups -OCH3 is 3. The molecule has 1 aromatic heterocycles. The Morgan fingerprint density at radius 1 is 1.07 bits per heavy atom. The van der Waals surface area contributed by atoms with Crippen LogP contribution in [-0.4, -0.2) is 26.3 Å². The number of rotatable bonds is 8. The van der Waals surface area contributed by atoms with Gasteiger partial charge in [-0.25, -0.2) is 4.39 Å². The first-order valence-electron chi connectivity index (χ1n) is 8.95. The van der Waals surface area contributed by atoms with E-state index in [4.69, 9.17) is 18.6 Å². The Bertz CT molecular complexity index is 1060. The van der Waals surface area contributed by atoms with E-state index in [0.29, 0.717) is 23.8 Å². The third-order valence-corrected chi connectivity index (χ3v) is 4.22. The molecule has 0 amide bonds. The normalized spacial score (nSPS) is 10.6. The maximum atomic E-state index is 13.0. The molecule has 2 aromatic carbocycles. The van der Waals surface area contributed by atoms with Crippen molar-refractivity contribution in [1.82, 2.24) is 4.98 Å². The molecule has 7 nitrogen and oxygen atoms in total. The largest absolute Gasteiger partial charge is 0.493 e. The molecule has 0 spiro atoms. The fraction of sp³-hybridized carbons (Fsp3) is 0.182. The van der Waals surface area contributed by atoms with Crippen LogP contribution in [0.25, 0.3) is 12.2 Å². The van der Waals surface area contributed by atoms with Crippen LogP contribution in [-0.2, 0) is 6.54 Å². The van der Waals surface area contributed by atoms with Gasteiger partial charge in [0, 0.05) is 12.6 Å². The van der Waals surface area contributed by atoms with Gasteiger partial charge in [-0.15, -0.1) is 0 Å². The summed E-state index contributed by atoms with van der Waals surface area (Å²) in [5.41, 5.74) is 1.73. The Kier molecular flexibility index (Phi) is 6.55. The van der Waals surface area contributed by atoms with Crippen molar-refractivity contribution >= 4 is 18.0 Å². The molecular weight excluding hydrogens is 389 g/mol. The van der Waals surface area contributed by atoms with E-state index >= 15 is 0 Å². The van der Waals surface area contributed by atoms with Crippen LogP contribution in [0.3, 0.4) is 0 Å². The average molecular weight is 409 g/mol. The van der Waals surface area contributed by atoms with Crippen LogP contribution in [0.1, 0.15) is 22.7 Å². The first kappa shape index (κ1) is 20.7. The number of halogens is 1. The quantitative estimate of drug-likeness (QED) is 0.586. The molecule has 30 heavy (non-hydrogen) atoms. The molecule has 0 atom stereocenters. The number of nitrogens with one attached hydrogen (secondary N) is 1. The molecular formula is C22H20FN3O4. The van der Waals surface area contributed by atoms with Crippen molar-refractivity contribution < 1.29 is 23.0 Å². The van der Waals surface area contributed by atoms with Crippen LogP contribution in [0.2, 0.25) is 0 Å². The van der Waals surface area contributed by atoms with E-state index in [1.807, 2.05) is 6.07 Å². The zero-order valence-electron chi connectivity index (χ0n) is 16.7. The van der Waals surface area contributed by atoms with Gasteiger partial charge in [-0.1, -0.05) is 12.1 Å². The molecule has 0 aliphatic carbocycles. The highest BCUT2D eigenvalue weighted by molar-refractivity contribution is 5.71. The Hall–Kier alpha value is -3.99. The van der Waals surface area contributed by atoms with Crippen molar-refractivity contribution in [2.45, 2.75) is 6.54 Å². The van der Waals surface area contributed by atoms with E-state index in [2.05, 4.69) is 10.3 Å². The second-order valence-electron chi connectivity index (χ2n) is 6.11. The van der Waals surface area contributed by atoms with Crippen LogP contribution in [0.4, 0.5) is 10.3 Å². The molecule has 0 radical (unpaired) electrons.